The van der Waals surface area contributed by atoms with E-state index in [1.54, 1.807) is 31.3 Å². The van der Waals surface area contributed by atoms with E-state index in [0.717, 1.165) is 30.5 Å². The standard InChI is InChI=1S/C13H17NO2/c1-3-4-5-13(16)11-6-8-12(9-7-11)14(2)10-15/h6-10H,3-5H2,1-2H3. The van der Waals surface area contributed by atoms with Gasteiger partial charge in [-0.3, -0.25) is 9.59 Å². The molecule has 1 rings (SSSR count). The van der Waals surface area contributed by atoms with Gasteiger partial charge in [0.15, 0.2) is 5.78 Å². The molecule has 16 heavy (non-hydrogen) atoms. The number of hydrogen-bond donors (Lipinski definition) is 0. The molecule has 3 heteroatoms. The Morgan fingerprint density at radius 1 is 1.31 bits per heavy atom. The number of carbonyl (C=O) groups excluding carboxylic acids is 2. The van der Waals surface area contributed by atoms with Crippen molar-refractivity contribution in [2.75, 3.05) is 11.9 Å². The molecule has 0 aromatic heterocycles. The molecule has 0 saturated carbocycles. The number of ketones is 1. The molecule has 0 aliphatic rings. The van der Waals surface area contributed by atoms with Crippen molar-refractivity contribution < 1.29 is 9.59 Å². The summed E-state index contributed by atoms with van der Waals surface area (Å²) < 4.78 is 0. The lowest BCUT2D eigenvalue weighted by atomic mass is 10.1. The third kappa shape index (κ3) is 3.19. The van der Waals surface area contributed by atoms with Crippen molar-refractivity contribution in [1.82, 2.24) is 0 Å². The first-order valence-electron chi connectivity index (χ1n) is 5.50. The van der Waals surface area contributed by atoms with Crippen LogP contribution in [-0.2, 0) is 4.79 Å². The minimum absolute atomic E-state index is 0.169. The number of amides is 1. The zero-order chi connectivity index (χ0) is 12.0. The molecule has 0 radical (unpaired) electrons. The predicted octanol–water partition coefficient (Wildman–Crippen LogP) is 2.65. The molecule has 0 unspecified atom stereocenters. The van der Waals surface area contributed by atoms with Crippen molar-refractivity contribution in [2.24, 2.45) is 0 Å². The van der Waals surface area contributed by atoms with E-state index >= 15 is 0 Å². The molecule has 86 valence electrons. The summed E-state index contributed by atoms with van der Waals surface area (Å²) in [5.41, 5.74) is 1.51. The third-order valence-electron chi connectivity index (χ3n) is 2.51. The molecule has 1 aromatic rings. The summed E-state index contributed by atoms with van der Waals surface area (Å²) in [6.07, 6.45) is 3.29. The molecule has 3 nitrogen and oxygen atoms in total. The van der Waals surface area contributed by atoms with Crippen LogP contribution in [0.3, 0.4) is 0 Å². The Morgan fingerprint density at radius 2 is 1.94 bits per heavy atom. The van der Waals surface area contributed by atoms with Gasteiger partial charge >= 0.3 is 0 Å². The van der Waals surface area contributed by atoms with Crippen LogP contribution in [0.2, 0.25) is 0 Å². The van der Waals surface area contributed by atoms with Gasteiger partial charge in [0.25, 0.3) is 0 Å². The number of unbranched alkanes of at least 4 members (excludes halogenated alkanes) is 1. The number of benzene rings is 1. The lowest BCUT2D eigenvalue weighted by Gasteiger charge is -2.10. The zero-order valence-corrected chi connectivity index (χ0v) is 9.77. The van der Waals surface area contributed by atoms with Gasteiger partial charge in [0.05, 0.1) is 0 Å². The average molecular weight is 219 g/mol. The second-order valence-corrected chi connectivity index (χ2v) is 3.79. The van der Waals surface area contributed by atoms with Crippen molar-refractivity contribution in [3.05, 3.63) is 29.8 Å². The molecule has 0 aliphatic heterocycles. The average Bonchev–Trinajstić information content (AvgIpc) is 2.35. The maximum atomic E-state index is 11.7. The lowest BCUT2D eigenvalue weighted by Crippen LogP contribution is -2.13. The van der Waals surface area contributed by atoms with Crippen LogP contribution in [0.1, 0.15) is 36.5 Å². The molecule has 0 spiro atoms. The molecule has 1 amide bonds. The van der Waals surface area contributed by atoms with Crippen LogP contribution in [0.5, 0.6) is 0 Å². The van der Waals surface area contributed by atoms with Gasteiger partial charge < -0.3 is 4.90 Å². The van der Waals surface area contributed by atoms with Crippen LogP contribution in [0, 0.1) is 0 Å². The maximum Gasteiger partial charge on any atom is 0.213 e. The molecule has 0 aliphatic carbocycles. The van der Waals surface area contributed by atoms with Crippen LogP contribution in [-0.4, -0.2) is 19.2 Å². The first kappa shape index (κ1) is 12.4. The van der Waals surface area contributed by atoms with Crippen molar-refractivity contribution in [2.45, 2.75) is 26.2 Å². The van der Waals surface area contributed by atoms with Crippen LogP contribution in [0.4, 0.5) is 5.69 Å². The van der Waals surface area contributed by atoms with Crippen molar-refractivity contribution in [1.29, 1.82) is 0 Å². The Hall–Kier alpha value is -1.64. The summed E-state index contributed by atoms with van der Waals surface area (Å²) in [7, 11) is 1.68. The van der Waals surface area contributed by atoms with E-state index in [4.69, 9.17) is 0 Å². The Morgan fingerprint density at radius 3 is 2.44 bits per heavy atom. The fraction of sp³-hybridized carbons (Fsp3) is 0.385. The fourth-order valence-corrected chi connectivity index (χ4v) is 1.42. The highest BCUT2D eigenvalue weighted by atomic mass is 16.1. The minimum atomic E-state index is 0.169. The summed E-state index contributed by atoms with van der Waals surface area (Å²) >= 11 is 0. The predicted molar refractivity (Wildman–Crippen MR) is 64.8 cm³/mol. The van der Waals surface area contributed by atoms with Crippen molar-refractivity contribution in [3.8, 4) is 0 Å². The van der Waals surface area contributed by atoms with E-state index in [9.17, 15) is 9.59 Å². The van der Waals surface area contributed by atoms with Crippen molar-refractivity contribution in [3.63, 3.8) is 0 Å². The fourth-order valence-electron chi connectivity index (χ4n) is 1.42. The highest BCUT2D eigenvalue weighted by Gasteiger charge is 2.05. The minimum Gasteiger partial charge on any atom is -0.318 e. The first-order valence-corrected chi connectivity index (χ1v) is 5.50. The van der Waals surface area contributed by atoms with Gasteiger partial charge in [-0.05, 0) is 30.7 Å². The molecule has 0 fully saturated rings. The quantitative estimate of drug-likeness (QED) is 0.545. The SMILES string of the molecule is CCCCC(=O)c1ccc(N(C)C=O)cc1. The highest BCUT2D eigenvalue weighted by Crippen LogP contribution is 2.14. The monoisotopic (exact) mass is 219 g/mol. The Balaban J connectivity index is 2.70. The van der Waals surface area contributed by atoms with E-state index < -0.39 is 0 Å². The smallest absolute Gasteiger partial charge is 0.213 e. The first-order chi connectivity index (χ1) is 7.69. The summed E-state index contributed by atoms with van der Waals surface area (Å²) in [6.45, 7) is 2.06. The van der Waals surface area contributed by atoms with Gasteiger partial charge in [0.1, 0.15) is 0 Å². The molecule has 0 N–H and O–H groups in total. The summed E-state index contributed by atoms with van der Waals surface area (Å²) in [5, 5.41) is 0. The van der Waals surface area contributed by atoms with Gasteiger partial charge in [0.2, 0.25) is 6.41 Å². The number of anilines is 1. The number of rotatable bonds is 6. The molecule has 0 bridgehead atoms. The Kier molecular flexibility index (Phi) is 4.70. The van der Waals surface area contributed by atoms with E-state index in [-0.39, 0.29) is 5.78 Å². The number of nitrogens with zero attached hydrogens (tertiary/aromatic N) is 1. The zero-order valence-electron chi connectivity index (χ0n) is 9.77. The second kappa shape index (κ2) is 6.05. The van der Waals surface area contributed by atoms with Crippen molar-refractivity contribution >= 4 is 17.9 Å². The van der Waals surface area contributed by atoms with E-state index in [1.807, 2.05) is 0 Å². The lowest BCUT2D eigenvalue weighted by molar-refractivity contribution is -0.107. The van der Waals surface area contributed by atoms with Gasteiger partial charge in [-0.25, -0.2) is 0 Å². The van der Waals surface area contributed by atoms with Crippen LogP contribution >= 0.6 is 0 Å². The topological polar surface area (TPSA) is 37.4 Å². The molecule has 0 atom stereocenters. The van der Waals surface area contributed by atoms with Crippen LogP contribution in [0.15, 0.2) is 24.3 Å². The molecular weight excluding hydrogens is 202 g/mol. The molecular formula is C13H17NO2. The van der Waals surface area contributed by atoms with Crippen LogP contribution < -0.4 is 4.90 Å². The second-order valence-electron chi connectivity index (χ2n) is 3.79. The Labute approximate surface area is 96.1 Å². The van der Waals surface area contributed by atoms with E-state index in [0.29, 0.717) is 6.42 Å². The summed E-state index contributed by atoms with van der Waals surface area (Å²) in [5.74, 6) is 0.169. The molecule has 0 heterocycles. The summed E-state index contributed by atoms with van der Waals surface area (Å²) in [6, 6.07) is 7.11. The third-order valence-corrected chi connectivity index (χ3v) is 2.51. The highest BCUT2D eigenvalue weighted by molar-refractivity contribution is 5.96. The number of Topliss-reactive ketones (excluding diaryl/α,β-unsaturated/α-hetero) is 1. The van der Waals surface area contributed by atoms with Gasteiger partial charge in [-0.1, -0.05) is 13.3 Å². The van der Waals surface area contributed by atoms with Crippen LogP contribution in [0.25, 0.3) is 0 Å². The summed E-state index contributed by atoms with van der Waals surface area (Å²) in [4.78, 5) is 23.7. The molecule has 1 aromatic carbocycles. The van der Waals surface area contributed by atoms with Gasteiger partial charge in [-0.15, -0.1) is 0 Å². The van der Waals surface area contributed by atoms with Gasteiger partial charge in [-0.2, -0.15) is 0 Å². The Bertz CT molecular complexity index is 357. The van der Waals surface area contributed by atoms with E-state index in [1.165, 1.54) is 4.90 Å². The van der Waals surface area contributed by atoms with Gasteiger partial charge in [0, 0.05) is 24.7 Å². The number of hydrogen-bond acceptors (Lipinski definition) is 2. The molecule has 0 saturated heterocycles. The van der Waals surface area contributed by atoms with E-state index in [2.05, 4.69) is 6.92 Å². The maximum absolute atomic E-state index is 11.7. The number of carbonyl (C=O) groups is 2. The largest absolute Gasteiger partial charge is 0.318 e. The normalized spacial score (nSPS) is 9.88.